The van der Waals surface area contributed by atoms with Crippen molar-refractivity contribution in [2.24, 2.45) is 5.92 Å². The quantitative estimate of drug-likeness (QED) is 0.499. The van der Waals surface area contributed by atoms with E-state index in [1.165, 1.54) is 0 Å². The molecule has 0 aliphatic carbocycles. The van der Waals surface area contributed by atoms with E-state index in [9.17, 15) is 27.0 Å². The zero-order valence-electron chi connectivity index (χ0n) is 8.84. The van der Waals surface area contributed by atoms with Crippen molar-refractivity contribution in [2.75, 3.05) is 11.9 Å². The molecule has 0 fully saturated rings. The molecule has 1 aliphatic heterocycles. The summed E-state index contributed by atoms with van der Waals surface area (Å²) in [4.78, 5) is 22.8. The molecule has 0 aromatic heterocycles. The van der Waals surface area contributed by atoms with Crippen LogP contribution in [0.4, 0.5) is 23.1 Å². The fourth-order valence-corrected chi connectivity index (χ4v) is 1.77. The molecule has 0 saturated heterocycles. The summed E-state index contributed by atoms with van der Waals surface area (Å²) in [5.41, 5.74) is -1.82. The summed E-state index contributed by atoms with van der Waals surface area (Å²) in [5, 5.41) is 2.47. The molecule has 0 radical (unpaired) electrons. The van der Waals surface area contributed by atoms with Crippen LogP contribution in [-0.2, 0) is 4.79 Å². The Labute approximate surface area is 99.3 Å². The van der Waals surface area contributed by atoms with E-state index < -0.39 is 36.3 Å². The first-order valence-electron chi connectivity index (χ1n) is 5.01. The Kier molecular flexibility index (Phi) is 3.10. The molecular formula is C10H6BF4NO2. The number of benzene rings is 1. The minimum absolute atomic E-state index is 0.00258. The molecule has 2 rings (SSSR count). The van der Waals surface area contributed by atoms with Gasteiger partial charge in [0.2, 0.25) is 0 Å². The maximum Gasteiger partial charge on any atom is 0.609 e. The van der Waals surface area contributed by atoms with Crippen LogP contribution in [0.2, 0.25) is 0 Å². The molecule has 0 spiro atoms. The van der Waals surface area contributed by atoms with Crippen LogP contribution in [0.5, 0.6) is 0 Å². The molecule has 0 saturated carbocycles. The number of hydrogen-bond acceptors (Lipinski definition) is 3. The number of fused-ring (bicyclic) bond motifs is 1. The van der Waals surface area contributed by atoms with Crippen molar-refractivity contribution in [3.63, 3.8) is 0 Å². The van der Waals surface area contributed by atoms with Gasteiger partial charge in [-0.1, -0.05) is 0 Å². The molecule has 1 atom stereocenters. The van der Waals surface area contributed by atoms with Crippen LogP contribution in [-0.4, -0.2) is 25.3 Å². The molecule has 8 heteroatoms. The topological polar surface area (TPSA) is 46.2 Å². The van der Waals surface area contributed by atoms with Gasteiger partial charge in [-0.2, -0.15) is 0 Å². The van der Waals surface area contributed by atoms with Gasteiger partial charge in [-0.3, -0.25) is 13.4 Å². The van der Waals surface area contributed by atoms with Crippen molar-refractivity contribution < 1.29 is 27.0 Å². The van der Waals surface area contributed by atoms with Gasteiger partial charge in [-0.15, -0.1) is 0 Å². The van der Waals surface area contributed by atoms with Crippen molar-refractivity contribution in [3.05, 3.63) is 29.3 Å². The first-order chi connectivity index (χ1) is 8.41. The lowest BCUT2D eigenvalue weighted by atomic mass is 9.76. The van der Waals surface area contributed by atoms with Crippen LogP contribution in [0.3, 0.4) is 0 Å². The van der Waals surface area contributed by atoms with Gasteiger partial charge in [-0.05, 0) is 6.07 Å². The normalized spacial score (nSPS) is 18.0. The highest BCUT2D eigenvalue weighted by atomic mass is 19.2. The molecule has 94 valence electrons. The maximum absolute atomic E-state index is 13.0. The van der Waals surface area contributed by atoms with E-state index in [1.807, 2.05) is 0 Å². The van der Waals surface area contributed by atoms with Gasteiger partial charge in [0, 0.05) is 23.9 Å². The zero-order chi connectivity index (χ0) is 13.4. The Morgan fingerprint density at radius 1 is 1.28 bits per heavy atom. The van der Waals surface area contributed by atoms with Gasteiger partial charge in [0.1, 0.15) is 0 Å². The number of rotatable bonds is 2. The summed E-state index contributed by atoms with van der Waals surface area (Å²) in [5.74, 6) is -4.92. The molecule has 0 bridgehead atoms. The van der Waals surface area contributed by atoms with Crippen LogP contribution >= 0.6 is 0 Å². The fourth-order valence-electron chi connectivity index (χ4n) is 1.77. The van der Waals surface area contributed by atoms with E-state index in [2.05, 4.69) is 5.32 Å². The molecule has 1 aromatic rings. The smallest absolute Gasteiger partial charge is 0.383 e. The number of halogens is 4. The summed E-state index contributed by atoms with van der Waals surface area (Å²) in [6.07, 6.45) is 0. The van der Waals surface area contributed by atoms with E-state index in [1.54, 1.807) is 0 Å². The van der Waals surface area contributed by atoms with Crippen molar-refractivity contribution in [3.8, 4) is 0 Å². The molecule has 1 heterocycles. The molecule has 1 unspecified atom stereocenters. The van der Waals surface area contributed by atoms with Crippen molar-refractivity contribution >= 4 is 24.4 Å². The largest absolute Gasteiger partial charge is 0.609 e. The predicted molar refractivity (Wildman–Crippen MR) is 55.6 cm³/mol. The number of nitrogens with one attached hydrogen (secondary N) is 1. The Morgan fingerprint density at radius 3 is 2.50 bits per heavy atom. The molecule has 1 N–H and O–H groups in total. The van der Waals surface area contributed by atoms with E-state index in [-0.39, 0.29) is 17.8 Å². The van der Waals surface area contributed by atoms with Gasteiger partial charge < -0.3 is 10.1 Å². The second-order valence-corrected chi connectivity index (χ2v) is 3.81. The second kappa shape index (κ2) is 4.43. The van der Waals surface area contributed by atoms with Crippen LogP contribution in [0, 0.1) is 17.6 Å². The fraction of sp³-hybridized carbons (Fsp3) is 0.200. The summed E-state index contributed by atoms with van der Waals surface area (Å²) < 4.78 is 50.4. The maximum atomic E-state index is 13.0. The van der Waals surface area contributed by atoms with Crippen molar-refractivity contribution in [2.45, 2.75) is 0 Å². The van der Waals surface area contributed by atoms with E-state index >= 15 is 0 Å². The average Bonchev–Trinajstić information content (AvgIpc) is 2.31. The third kappa shape index (κ3) is 1.98. The number of carbonyl (C=O) groups is 2. The number of ketones is 1. The lowest BCUT2D eigenvalue weighted by Crippen LogP contribution is -2.40. The lowest BCUT2D eigenvalue weighted by Gasteiger charge is -2.23. The number of hydrogen-bond donors (Lipinski definition) is 1. The monoisotopic (exact) mass is 259 g/mol. The lowest BCUT2D eigenvalue weighted by molar-refractivity contribution is -0.115. The Hall–Kier alpha value is -1.86. The number of carbonyl (C=O) groups excluding carboxylic acids is 2. The van der Waals surface area contributed by atoms with E-state index in [0.29, 0.717) is 6.07 Å². The Morgan fingerprint density at radius 2 is 1.89 bits per heavy atom. The van der Waals surface area contributed by atoms with Crippen LogP contribution < -0.4 is 5.32 Å². The van der Waals surface area contributed by atoms with Gasteiger partial charge >= 0.3 is 7.27 Å². The Balaban J connectivity index is 2.39. The highest BCUT2D eigenvalue weighted by Gasteiger charge is 2.40. The minimum atomic E-state index is -3.27. The standard InChI is InChI=1S/C10H6BF4NO2/c12-6-1-4-8(2-7(6)13)16-3-5(9(4)17)10(18)11(14)15/h1-2,5,16H,3H2. The number of Topliss-reactive ketones (excluding diaryl/α,β-unsaturated/α-hetero) is 1. The third-order valence-electron chi connectivity index (χ3n) is 2.70. The molecule has 18 heavy (non-hydrogen) atoms. The molecular weight excluding hydrogens is 253 g/mol. The van der Waals surface area contributed by atoms with Gasteiger partial charge in [-0.25, -0.2) is 8.78 Å². The number of anilines is 1. The van der Waals surface area contributed by atoms with Gasteiger partial charge in [0.25, 0.3) is 0 Å². The average molecular weight is 259 g/mol. The van der Waals surface area contributed by atoms with Crippen molar-refractivity contribution in [1.29, 1.82) is 0 Å². The first-order valence-corrected chi connectivity index (χ1v) is 5.01. The van der Waals surface area contributed by atoms with Crippen LogP contribution in [0.25, 0.3) is 0 Å². The highest BCUT2D eigenvalue weighted by molar-refractivity contribution is 6.81. The van der Waals surface area contributed by atoms with Crippen molar-refractivity contribution in [1.82, 2.24) is 0 Å². The van der Waals surface area contributed by atoms with Gasteiger partial charge in [0.05, 0.1) is 5.92 Å². The SMILES string of the molecule is O=C(B(F)F)C1CNc2cc(F)c(F)cc2C1=O. The van der Waals surface area contributed by atoms with E-state index in [4.69, 9.17) is 0 Å². The summed E-state index contributed by atoms with van der Waals surface area (Å²) in [6, 6.07) is 1.36. The highest BCUT2D eigenvalue weighted by Crippen LogP contribution is 2.28. The third-order valence-corrected chi connectivity index (χ3v) is 2.70. The molecule has 0 amide bonds. The minimum Gasteiger partial charge on any atom is -0.383 e. The van der Waals surface area contributed by atoms with Gasteiger partial charge in [0.15, 0.2) is 23.1 Å². The summed E-state index contributed by atoms with van der Waals surface area (Å²) >= 11 is 0. The first kappa shape index (κ1) is 12.6. The summed E-state index contributed by atoms with van der Waals surface area (Å²) in [6.45, 7) is -0.347. The van der Waals surface area contributed by atoms with E-state index in [0.717, 1.165) is 6.07 Å². The molecule has 1 aromatic carbocycles. The Bertz CT molecular complexity index is 535. The predicted octanol–water partition coefficient (Wildman–Crippen LogP) is 1.72. The molecule has 1 aliphatic rings. The zero-order valence-corrected chi connectivity index (χ0v) is 8.84. The second-order valence-electron chi connectivity index (χ2n) is 3.81. The summed E-state index contributed by atoms with van der Waals surface area (Å²) in [7, 11) is -3.27. The van der Waals surface area contributed by atoms with Crippen LogP contribution in [0.1, 0.15) is 10.4 Å². The van der Waals surface area contributed by atoms with Crippen LogP contribution in [0.15, 0.2) is 12.1 Å². The molecule has 3 nitrogen and oxygen atoms in total.